The van der Waals surface area contributed by atoms with Gasteiger partial charge in [0.15, 0.2) is 0 Å². The van der Waals surface area contributed by atoms with Gasteiger partial charge in [0, 0.05) is 18.7 Å². The highest BCUT2D eigenvalue weighted by molar-refractivity contribution is 6.33. The summed E-state index contributed by atoms with van der Waals surface area (Å²) in [6, 6.07) is 0. The summed E-state index contributed by atoms with van der Waals surface area (Å²) in [7, 11) is 0. The molecule has 114 valence electrons. The molecule has 0 unspecified atom stereocenters. The van der Waals surface area contributed by atoms with Gasteiger partial charge in [-0.1, -0.05) is 18.5 Å². The Labute approximate surface area is 128 Å². The highest BCUT2D eigenvalue weighted by Crippen LogP contribution is 2.31. The number of amides is 1. The van der Waals surface area contributed by atoms with Gasteiger partial charge < -0.3 is 4.90 Å². The number of pyridine rings is 1. The number of aryl methyl sites for hydroxylation is 1. The number of rotatable bonds is 2. The molecule has 2 heterocycles. The van der Waals surface area contributed by atoms with Crippen molar-refractivity contribution in [2.24, 2.45) is 5.92 Å². The van der Waals surface area contributed by atoms with E-state index >= 15 is 0 Å². The first-order valence-corrected chi connectivity index (χ1v) is 7.31. The van der Waals surface area contributed by atoms with Crippen LogP contribution < -0.4 is 0 Å². The molecule has 1 saturated heterocycles. The first-order valence-electron chi connectivity index (χ1n) is 6.93. The van der Waals surface area contributed by atoms with E-state index in [0.29, 0.717) is 24.6 Å². The standard InChI is InChI=1S/C14H18ClN3O3/c1-8-4-6-17(7-5-8)14(19)11-9(2)12(18(20)21)10(3)16-13(11)15/h8H,4-7H2,1-3H3. The van der Waals surface area contributed by atoms with E-state index in [1.54, 1.807) is 11.8 Å². The lowest BCUT2D eigenvalue weighted by Gasteiger charge is -2.30. The Balaban J connectivity index is 2.41. The molecule has 6 nitrogen and oxygen atoms in total. The van der Waals surface area contributed by atoms with Gasteiger partial charge in [-0.25, -0.2) is 4.98 Å². The fraction of sp³-hybridized carbons (Fsp3) is 0.571. The Morgan fingerprint density at radius 3 is 2.48 bits per heavy atom. The van der Waals surface area contributed by atoms with Crippen molar-refractivity contribution >= 4 is 23.2 Å². The normalized spacial score (nSPS) is 16.1. The Kier molecular flexibility index (Phi) is 4.46. The summed E-state index contributed by atoms with van der Waals surface area (Å²) < 4.78 is 0. The van der Waals surface area contributed by atoms with Crippen LogP contribution in [0.1, 0.15) is 41.4 Å². The van der Waals surface area contributed by atoms with Crippen LogP contribution in [0, 0.1) is 29.9 Å². The van der Waals surface area contributed by atoms with Crippen LogP contribution in [0.15, 0.2) is 0 Å². The Bertz CT molecular complexity index is 596. The average Bonchev–Trinajstić information content (AvgIpc) is 2.38. The second-order valence-electron chi connectivity index (χ2n) is 5.57. The third kappa shape index (κ3) is 3.00. The van der Waals surface area contributed by atoms with Crippen LogP contribution in [-0.4, -0.2) is 33.8 Å². The van der Waals surface area contributed by atoms with E-state index in [4.69, 9.17) is 11.6 Å². The Hall–Kier alpha value is -1.69. The highest BCUT2D eigenvalue weighted by Gasteiger charge is 2.30. The van der Waals surface area contributed by atoms with Crippen molar-refractivity contribution in [3.63, 3.8) is 0 Å². The number of nitro groups is 1. The van der Waals surface area contributed by atoms with E-state index in [9.17, 15) is 14.9 Å². The van der Waals surface area contributed by atoms with Gasteiger partial charge in [-0.05, 0) is 32.6 Å². The lowest BCUT2D eigenvalue weighted by atomic mass is 9.98. The van der Waals surface area contributed by atoms with Crippen LogP contribution in [0.4, 0.5) is 5.69 Å². The predicted octanol–water partition coefficient (Wildman–Crippen LogP) is 3.13. The molecule has 1 aromatic rings. The van der Waals surface area contributed by atoms with Crippen LogP contribution in [0.2, 0.25) is 5.15 Å². The SMILES string of the molecule is Cc1nc(Cl)c(C(=O)N2CCC(C)CC2)c(C)c1[N+](=O)[O-]. The van der Waals surface area contributed by atoms with Crippen LogP contribution in [0.3, 0.4) is 0 Å². The summed E-state index contributed by atoms with van der Waals surface area (Å²) in [6.07, 6.45) is 1.87. The second-order valence-corrected chi connectivity index (χ2v) is 5.93. The van der Waals surface area contributed by atoms with E-state index in [0.717, 1.165) is 12.8 Å². The van der Waals surface area contributed by atoms with E-state index in [1.165, 1.54) is 6.92 Å². The van der Waals surface area contributed by atoms with Gasteiger partial charge in [0.25, 0.3) is 11.6 Å². The zero-order valence-corrected chi connectivity index (χ0v) is 13.1. The number of nitrogens with zero attached hydrogens (tertiary/aromatic N) is 3. The first-order chi connectivity index (χ1) is 9.82. The maximum Gasteiger partial charge on any atom is 0.294 e. The molecule has 1 aromatic heterocycles. The maximum absolute atomic E-state index is 12.6. The molecule has 0 radical (unpaired) electrons. The van der Waals surface area contributed by atoms with Gasteiger partial charge in [0.2, 0.25) is 0 Å². The fourth-order valence-corrected chi connectivity index (χ4v) is 3.04. The molecule has 7 heteroatoms. The number of carbonyl (C=O) groups excluding carboxylic acids is 1. The number of likely N-dealkylation sites (tertiary alicyclic amines) is 1. The van der Waals surface area contributed by atoms with Crippen LogP contribution in [0.25, 0.3) is 0 Å². The molecule has 0 saturated carbocycles. The summed E-state index contributed by atoms with van der Waals surface area (Å²) in [5.74, 6) is 0.330. The minimum absolute atomic E-state index is 0.0409. The van der Waals surface area contributed by atoms with Crippen LogP contribution in [0.5, 0.6) is 0 Å². The van der Waals surface area contributed by atoms with E-state index < -0.39 is 4.92 Å². The predicted molar refractivity (Wildman–Crippen MR) is 79.7 cm³/mol. The number of hydrogen-bond donors (Lipinski definition) is 0. The summed E-state index contributed by atoms with van der Waals surface area (Å²) in [4.78, 5) is 28.9. The molecule has 1 aliphatic rings. The average molecular weight is 312 g/mol. The van der Waals surface area contributed by atoms with Crippen LogP contribution in [-0.2, 0) is 0 Å². The molecule has 1 amide bonds. The Morgan fingerprint density at radius 1 is 1.38 bits per heavy atom. The highest BCUT2D eigenvalue weighted by atomic mass is 35.5. The molecular formula is C14H18ClN3O3. The monoisotopic (exact) mass is 311 g/mol. The van der Waals surface area contributed by atoms with Crippen molar-refractivity contribution in [2.75, 3.05) is 13.1 Å². The van der Waals surface area contributed by atoms with Crippen LogP contribution >= 0.6 is 11.6 Å². The van der Waals surface area contributed by atoms with Crippen molar-refractivity contribution in [3.8, 4) is 0 Å². The summed E-state index contributed by atoms with van der Waals surface area (Å²) in [5, 5.41) is 11.2. The van der Waals surface area contributed by atoms with E-state index in [1.807, 2.05) is 0 Å². The van der Waals surface area contributed by atoms with Gasteiger partial charge in [-0.2, -0.15) is 0 Å². The lowest BCUT2D eigenvalue weighted by Crippen LogP contribution is -2.38. The topological polar surface area (TPSA) is 76.3 Å². The molecule has 0 N–H and O–H groups in total. The summed E-state index contributed by atoms with van der Waals surface area (Å²) in [5.41, 5.74) is 0.545. The Morgan fingerprint density at radius 2 is 1.95 bits per heavy atom. The summed E-state index contributed by atoms with van der Waals surface area (Å²) in [6.45, 7) is 6.53. The van der Waals surface area contributed by atoms with Crippen molar-refractivity contribution in [2.45, 2.75) is 33.6 Å². The van der Waals surface area contributed by atoms with Gasteiger partial charge in [0.05, 0.1) is 10.5 Å². The molecule has 1 fully saturated rings. The number of aromatic nitrogens is 1. The molecule has 0 aliphatic carbocycles. The molecule has 0 aromatic carbocycles. The third-order valence-electron chi connectivity index (χ3n) is 4.01. The largest absolute Gasteiger partial charge is 0.339 e. The van der Waals surface area contributed by atoms with E-state index in [2.05, 4.69) is 11.9 Å². The van der Waals surface area contributed by atoms with Gasteiger partial charge >= 0.3 is 0 Å². The van der Waals surface area contributed by atoms with Gasteiger partial charge in [-0.15, -0.1) is 0 Å². The molecular weight excluding hydrogens is 294 g/mol. The number of carbonyl (C=O) groups is 1. The van der Waals surface area contributed by atoms with E-state index in [-0.39, 0.29) is 28.0 Å². The molecule has 0 spiro atoms. The fourth-order valence-electron chi connectivity index (χ4n) is 2.69. The number of hydrogen-bond acceptors (Lipinski definition) is 4. The van der Waals surface area contributed by atoms with Crippen molar-refractivity contribution in [3.05, 3.63) is 32.1 Å². The lowest BCUT2D eigenvalue weighted by molar-refractivity contribution is -0.386. The van der Waals surface area contributed by atoms with Crippen molar-refractivity contribution < 1.29 is 9.72 Å². The number of halogens is 1. The minimum Gasteiger partial charge on any atom is -0.339 e. The molecule has 0 atom stereocenters. The molecule has 1 aliphatic heterocycles. The zero-order chi connectivity index (χ0) is 15.7. The quantitative estimate of drug-likeness (QED) is 0.477. The van der Waals surface area contributed by atoms with Gasteiger partial charge in [0.1, 0.15) is 10.8 Å². The summed E-state index contributed by atoms with van der Waals surface area (Å²) >= 11 is 6.07. The zero-order valence-electron chi connectivity index (χ0n) is 12.4. The molecule has 2 rings (SSSR count). The maximum atomic E-state index is 12.6. The van der Waals surface area contributed by atoms with Gasteiger partial charge in [-0.3, -0.25) is 14.9 Å². The minimum atomic E-state index is -0.511. The molecule has 21 heavy (non-hydrogen) atoms. The van der Waals surface area contributed by atoms with Crippen molar-refractivity contribution in [1.29, 1.82) is 0 Å². The smallest absolute Gasteiger partial charge is 0.294 e. The van der Waals surface area contributed by atoms with Crippen molar-refractivity contribution in [1.82, 2.24) is 9.88 Å². The third-order valence-corrected chi connectivity index (χ3v) is 4.29. The second kappa shape index (κ2) is 5.97. The molecule has 0 bridgehead atoms. The first kappa shape index (κ1) is 15.7. The number of piperidine rings is 1.